The average Bonchev–Trinajstić information content (AvgIpc) is 3.50. The molecule has 1 saturated heterocycles. The number of para-hydroxylation sites is 1. The van der Waals surface area contributed by atoms with E-state index >= 15 is 0 Å². The zero-order chi connectivity index (χ0) is 23.4. The third-order valence-corrected chi connectivity index (χ3v) is 6.83. The first-order chi connectivity index (χ1) is 16.6. The predicted octanol–water partition coefficient (Wildman–Crippen LogP) is 4.61. The van der Waals surface area contributed by atoms with Gasteiger partial charge < -0.3 is 14.6 Å². The van der Waals surface area contributed by atoms with Crippen LogP contribution in [-0.2, 0) is 20.9 Å². The number of carbonyl (C=O) groups excluding carboxylic acids is 3. The Hall–Kier alpha value is -4.13. The minimum absolute atomic E-state index is 0.198. The van der Waals surface area contributed by atoms with Gasteiger partial charge in [0.1, 0.15) is 6.04 Å². The molecule has 7 nitrogen and oxygen atoms in total. The quantitative estimate of drug-likeness (QED) is 0.458. The monoisotopic (exact) mass is 453 g/mol. The van der Waals surface area contributed by atoms with Gasteiger partial charge in [-0.3, -0.25) is 14.5 Å². The maximum Gasteiger partial charge on any atom is 0.340 e. The maximum atomic E-state index is 13.3. The Morgan fingerprint density at radius 2 is 1.76 bits per heavy atom. The van der Waals surface area contributed by atoms with Crippen LogP contribution in [0.15, 0.2) is 66.7 Å². The lowest BCUT2D eigenvalue weighted by Gasteiger charge is -2.29. The van der Waals surface area contributed by atoms with Crippen molar-refractivity contribution < 1.29 is 19.1 Å². The van der Waals surface area contributed by atoms with E-state index < -0.39 is 18.2 Å². The van der Waals surface area contributed by atoms with Gasteiger partial charge in [-0.2, -0.15) is 0 Å². The third kappa shape index (κ3) is 3.00. The summed E-state index contributed by atoms with van der Waals surface area (Å²) in [4.78, 5) is 39.8. The van der Waals surface area contributed by atoms with Crippen LogP contribution >= 0.6 is 0 Å². The number of aromatic nitrogens is 1. The highest BCUT2D eigenvalue weighted by molar-refractivity contribution is 6.10. The van der Waals surface area contributed by atoms with Crippen LogP contribution in [-0.4, -0.2) is 33.3 Å². The Kier molecular flexibility index (Phi) is 4.65. The lowest BCUT2D eigenvalue weighted by Crippen LogP contribution is -2.43. The van der Waals surface area contributed by atoms with Gasteiger partial charge in [0, 0.05) is 46.0 Å². The minimum atomic E-state index is -0.876. The van der Waals surface area contributed by atoms with Gasteiger partial charge in [0.05, 0.1) is 5.56 Å². The molecular weight excluding hydrogens is 430 g/mol. The molecule has 0 spiro atoms. The first-order valence-electron chi connectivity index (χ1n) is 11.5. The molecule has 0 aliphatic carbocycles. The molecule has 1 fully saturated rings. The molecule has 3 heterocycles. The van der Waals surface area contributed by atoms with Crippen LogP contribution < -0.4 is 5.32 Å². The zero-order valence-corrected chi connectivity index (χ0v) is 18.7. The van der Waals surface area contributed by atoms with Crippen LogP contribution in [0.3, 0.4) is 0 Å². The van der Waals surface area contributed by atoms with Crippen molar-refractivity contribution in [3.8, 4) is 0 Å². The zero-order valence-electron chi connectivity index (χ0n) is 18.7. The van der Waals surface area contributed by atoms with Gasteiger partial charge in [0.15, 0.2) is 0 Å². The number of ether oxygens (including phenoxy) is 1. The normalized spacial score (nSPS) is 19.6. The molecule has 0 saturated carbocycles. The Morgan fingerprint density at radius 3 is 2.62 bits per heavy atom. The van der Waals surface area contributed by atoms with Gasteiger partial charge in [0.25, 0.3) is 0 Å². The molecule has 2 aliphatic heterocycles. The molecule has 7 heteroatoms. The number of fused-ring (bicyclic) bond motifs is 4. The van der Waals surface area contributed by atoms with Crippen molar-refractivity contribution in [2.45, 2.75) is 38.6 Å². The summed E-state index contributed by atoms with van der Waals surface area (Å²) in [7, 11) is 0. The number of nitrogens with one attached hydrogen (secondary N) is 1. The number of aryl methyl sites for hydroxylation is 1. The van der Waals surface area contributed by atoms with Crippen molar-refractivity contribution in [1.82, 2.24) is 9.47 Å². The highest BCUT2D eigenvalue weighted by Gasteiger charge is 2.46. The molecule has 2 amide bonds. The molecule has 0 unspecified atom stereocenters. The number of esters is 1. The lowest BCUT2D eigenvalue weighted by atomic mass is 10.1. The second kappa shape index (κ2) is 7.73. The Morgan fingerprint density at radius 1 is 1.00 bits per heavy atom. The van der Waals surface area contributed by atoms with Crippen LogP contribution in [0, 0.1) is 0 Å². The number of hydrogen-bond acceptors (Lipinski definition) is 4. The van der Waals surface area contributed by atoms with Crippen LogP contribution in [0.4, 0.5) is 5.69 Å². The molecule has 6 rings (SSSR count). The summed E-state index contributed by atoms with van der Waals surface area (Å²) in [6, 6.07) is 20.4. The van der Waals surface area contributed by atoms with E-state index in [2.05, 4.69) is 28.9 Å². The summed E-state index contributed by atoms with van der Waals surface area (Å²) in [6.45, 7) is 2.96. The van der Waals surface area contributed by atoms with Crippen molar-refractivity contribution in [2.24, 2.45) is 0 Å². The van der Waals surface area contributed by atoms with Crippen LogP contribution in [0.5, 0.6) is 0 Å². The van der Waals surface area contributed by atoms with E-state index in [1.807, 2.05) is 30.3 Å². The van der Waals surface area contributed by atoms with E-state index in [1.54, 1.807) is 24.3 Å². The fourth-order valence-corrected chi connectivity index (χ4v) is 5.28. The van der Waals surface area contributed by atoms with E-state index in [0.717, 1.165) is 28.4 Å². The van der Waals surface area contributed by atoms with E-state index in [0.29, 0.717) is 23.2 Å². The number of hydrogen-bond donors (Lipinski definition) is 1. The lowest BCUT2D eigenvalue weighted by molar-refractivity contribution is -0.144. The number of amides is 2. The fraction of sp³-hybridized carbons (Fsp3) is 0.222. The van der Waals surface area contributed by atoms with Crippen molar-refractivity contribution in [3.63, 3.8) is 0 Å². The molecule has 0 radical (unpaired) electrons. The molecule has 3 aromatic carbocycles. The van der Waals surface area contributed by atoms with E-state index in [9.17, 15) is 14.4 Å². The van der Waals surface area contributed by atoms with Crippen LogP contribution in [0.25, 0.3) is 21.8 Å². The van der Waals surface area contributed by atoms with Crippen molar-refractivity contribution in [1.29, 1.82) is 0 Å². The van der Waals surface area contributed by atoms with Gasteiger partial charge in [-0.1, -0.05) is 36.4 Å². The number of anilines is 1. The SMILES string of the molecule is CCn1c2ccccc2c2cc(NC(=O)[C@H]3CCC(=O)N3[C@H]3OC(=O)c4ccccc43)ccc21. The molecule has 1 aromatic heterocycles. The van der Waals surface area contributed by atoms with E-state index in [4.69, 9.17) is 4.74 Å². The molecule has 1 N–H and O–H groups in total. The van der Waals surface area contributed by atoms with Gasteiger partial charge in [-0.05, 0) is 43.7 Å². The second-order valence-corrected chi connectivity index (χ2v) is 8.68. The molecule has 2 atom stereocenters. The van der Waals surface area contributed by atoms with Crippen molar-refractivity contribution in [2.75, 3.05) is 5.32 Å². The summed E-state index contributed by atoms with van der Waals surface area (Å²) < 4.78 is 7.77. The highest BCUT2D eigenvalue weighted by Crippen LogP contribution is 2.38. The Balaban J connectivity index is 1.31. The number of rotatable bonds is 4. The summed E-state index contributed by atoms with van der Waals surface area (Å²) in [5.41, 5.74) is 3.98. The Bertz CT molecular complexity index is 1490. The molecule has 0 bridgehead atoms. The molecule has 2 aliphatic rings. The summed E-state index contributed by atoms with van der Waals surface area (Å²) >= 11 is 0. The third-order valence-electron chi connectivity index (χ3n) is 6.83. The molecule has 170 valence electrons. The van der Waals surface area contributed by atoms with Crippen LogP contribution in [0.1, 0.15) is 41.9 Å². The van der Waals surface area contributed by atoms with Gasteiger partial charge in [0.2, 0.25) is 18.0 Å². The van der Waals surface area contributed by atoms with Crippen molar-refractivity contribution >= 4 is 45.3 Å². The standard InChI is InChI=1S/C27H23N3O4/c1-2-29-21-10-6-5-7-17(21)20-15-16(11-12-22(20)29)28-25(32)23-13-14-24(31)30(23)26-18-8-3-4-9-19(18)27(33)34-26/h3-12,15,23,26H,2,13-14H2,1H3,(H,28,32)/t23-,26+/m1/s1. The van der Waals surface area contributed by atoms with Crippen LogP contribution in [0.2, 0.25) is 0 Å². The number of benzene rings is 3. The van der Waals surface area contributed by atoms with Gasteiger partial charge in [-0.15, -0.1) is 0 Å². The number of carbonyl (C=O) groups is 3. The molecule has 34 heavy (non-hydrogen) atoms. The Labute approximate surface area is 195 Å². The number of likely N-dealkylation sites (tertiary alicyclic amines) is 1. The van der Waals surface area contributed by atoms with E-state index in [1.165, 1.54) is 4.90 Å². The minimum Gasteiger partial charge on any atom is -0.433 e. The topological polar surface area (TPSA) is 80.6 Å². The maximum absolute atomic E-state index is 13.3. The van der Waals surface area contributed by atoms with Gasteiger partial charge >= 0.3 is 5.97 Å². The fourth-order valence-electron chi connectivity index (χ4n) is 5.28. The number of cyclic esters (lactones) is 1. The highest BCUT2D eigenvalue weighted by atomic mass is 16.6. The average molecular weight is 453 g/mol. The first kappa shape index (κ1) is 20.5. The smallest absolute Gasteiger partial charge is 0.340 e. The number of nitrogens with zero attached hydrogens (tertiary/aromatic N) is 2. The summed E-state index contributed by atoms with van der Waals surface area (Å²) in [5.74, 6) is -0.960. The second-order valence-electron chi connectivity index (χ2n) is 8.68. The summed E-state index contributed by atoms with van der Waals surface area (Å²) in [5, 5.41) is 5.19. The summed E-state index contributed by atoms with van der Waals surface area (Å²) in [6.07, 6.45) is -0.269. The van der Waals surface area contributed by atoms with Gasteiger partial charge in [-0.25, -0.2) is 4.79 Å². The molecular formula is C27H23N3O4. The first-order valence-corrected chi connectivity index (χ1v) is 11.5. The molecule has 4 aromatic rings. The van der Waals surface area contributed by atoms with Crippen molar-refractivity contribution in [3.05, 3.63) is 77.9 Å². The largest absolute Gasteiger partial charge is 0.433 e. The predicted molar refractivity (Wildman–Crippen MR) is 128 cm³/mol. The van der Waals surface area contributed by atoms with E-state index in [-0.39, 0.29) is 18.2 Å².